The van der Waals surface area contributed by atoms with Gasteiger partial charge in [-0.25, -0.2) is 0 Å². The van der Waals surface area contributed by atoms with Gasteiger partial charge in [0.05, 0.1) is 6.61 Å². The Morgan fingerprint density at radius 3 is 2.67 bits per heavy atom. The van der Waals surface area contributed by atoms with Crippen LogP contribution in [0.5, 0.6) is 11.5 Å². The van der Waals surface area contributed by atoms with Gasteiger partial charge < -0.3 is 20.6 Å². The molecule has 1 aromatic carbocycles. The fourth-order valence-corrected chi connectivity index (χ4v) is 1.21. The van der Waals surface area contributed by atoms with Crippen LogP contribution in [-0.2, 0) is 4.79 Å². The van der Waals surface area contributed by atoms with E-state index < -0.39 is 5.91 Å². The standard InChI is InChI=1S/C12H12N2O4/c13-7-9(12(18)14-3-4-15)5-8-1-2-10(16)11(17)6-8/h1-2,5-6,15-17H,3-4H2,(H,14,18)/b9-5+. The largest absolute Gasteiger partial charge is 0.504 e. The topological polar surface area (TPSA) is 114 Å². The molecule has 0 saturated carbocycles. The molecular weight excluding hydrogens is 236 g/mol. The molecule has 18 heavy (non-hydrogen) atoms. The van der Waals surface area contributed by atoms with E-state index in [2.05, 4.69) is 5.32 Å². The van der Waals surface area contributed by atoms with Crippen molar-refractivity contribution >= 4 is 12.0 Å². The second-order valence-corrected chi connectivity index (χ2v) is 3.40. The van der Waals surface area contributed by atoms with Crippen molar-refractivity contribution in [3.8, 4) is 17.6 Å². The van der Waals surface area contributed by atoms with E-state index in [1.807, 2.05) is 0 Å². The maximum Gasteiger partial charge on any atom is 0.262 e. The summed E-state index contributed by atoms with van der Waals surface area (Å²) in [5, 5.41) is 38.1. The number of nitriles is 1. The maximum absolute atomic E-state index is 11.5. The van der Waals surface area contributed by atoms with Crippen LogP contribution >= 0.6 is 0 Å². The lowest BCUT2D eigenvalue weighted by molar-refractivity contribution is -0.117. The molecule has 0 saturated heterocycles. The number of benzene rings is 1. The van der Waals surface area contributed by atoms with Crippen molar-refractivity contribution in [2.75, 3.05) is 13.2 Å². The van der Waals surface area contributed by atoms with Gasteiger partial charge in [-0.05, 0) is 23.8 Å². The number of nitrogens with zero attached hydrogens (tertiary/aromatic N) is 1. The number of carbonyl (C=O) groups is 1. The second-order valence-electron chi connectivity index (χ2n) is 3.40. The fourth-order valence-electron chi connectivity index (χ4n) is 1.21. The highest BCUT2D eigenvalue weighted by Crippen LogP contribution is 2.25. The van der Waals surface area contributed by atoms with Crippen LogP contribution in [0.1, 0.15) is 5.56 Å². The molecule has 0 spiro atoms. The summed E-state index contributed by atoms with van der Waals surface area (Å²) in [5.74, 6) is -1.23. The molecule has 6 heteroatoms. The number of aromatic hydroxyl groups is 2. The smallest absolute Gasteiger partial charge is 0.262 e. The monoisotopic (exact) mass is 248 g/mol. The predicted molar refractivity (Wildman–Crippen MR) is 63.5 cm³/mol. The summed E-state index contributed by atoms with van der Waals surface area (Å²) < 4.78 is 0. The number of nitrogens with one attached hydrogen (secondary N) is 1. The van der Waals surface area contributed by atoms with Gasteiger partial charge in [-0.1, -0.05) is 6.07 Å². The molecule has 0 bridgehead atoms. The average Bonchev–Trinajstić information content (AvgIpc) is 2.37. The first-order valence-electron chi connectivity index (χ1n) is 5.11. The van der Waals surface area contributed by atoms with Crippen LogP contribution < -0.4 is 5.32 Å². The Morgan fingerprint density at radius 1 is 1.39 bits per heavy atom. The molecule has 1 rings (SSSR count). The third kappa shape index (κ3) is 3.50. The van der Waals surface area contributed by atoms with Crippen LogP contribution in [0.15, 0.2) is 23.8 Å². The molecule has 0 aliphatic rings. The SMILES string of the molecule is N#C/C(=C\c1ccc(O)c(O)c1)C(=O)NCCO. The van der Waals surface area contributed by atoms with Crippen LogP contribution in [0.4, 0.5) is 0 Å². The summed E-state index contributed by atoms with van der Waals surface area (Å²) in [6, 6.07) is 5.65. The van der Waals surface area contributed by atoms with Gasteiger partial charge in [0.1, 0.15) is 11.6 Å². The Hall–Kier alpha value is -2.52. The fraction of sp³-hybridized carbons (Fsp3) is 0.167. The summed E-state index contributed by atoms with van der Waals surface area (Å²) in [7, 11) is 0. The highest BCUT2D eigenvalue weighted by molar-refractivity contribution is 6.01. The number of aliphatic hydroxyl groups excluding tert-OH is 1. The lowest BCUT2D eigenvalue weighted by Crippen LogP contribution is -2.27. The van der Waals surface area contributed by atoms with Crippen LogP contribution in [0, 0.1) is 11.3 Å². The Balaban J connectivity index is 2.94. The van der Waals surface area contributed by atoms with Gasteiger partial charge >= 0.3 is 0 Å². The molecule has 0 aromatic heterocycles. The summed E-state index contributed by atoms with van der Waals surface area (Å²) in [6.45, 7) is -0.164. The average molecular weight is 248 g/mol. The normalized spacial score (nSPS) is 10.8. The molecule has 0 radical (unpaired) electrons. The van der Waals surface area contributed by atoms with Gasteiger partial charge in [-0.3, -0.25) is 4.79 Å². The van der Waals surface area contributed by atoms with E-state index in [1.54, 1.807) is 6.07 Å². The molecule has 94 valence electrons. The van der Waals surface area contributed by atoms with E-state index in [0.717, 1.165) is 0 Å². The number of amides is 1. The van der Waals surface area contributed by atoms with Crippen molar-refractivity contribution in [1.82, 2.24) is 5.32 Å². The van der Waals surface area contributed by atoms with Gasteiger partial charge in [0.15, 0.2) is 11.5 Å². The first-order chi connectivity index (χ1) is 8.58. The number of phenolic OH excluding ortho intramolecular Hbond substituents is 2. The molecule has 0 unspecified atom stereocenters. The lowest BCUT2D eigenvalue weighted by Gasteiger charge is -2.02. The van der Waals surface area contributed by atoms with Gasteiger partial charge in [-0.15, -0.1) is 0 Å². The van der Waals surface area contributed by atoms with Crippen LogP contribution in [0.25, 0.3) is 6.08 Å². The van der Waals surface area contributed by atoms with E-state index in [9.17, 15) is 9.90 Å². The molecule has 6 nitrogen and oxygen atoms in total. The highest BCUT2D eigenvalue weighted by Gasteiger charge is 2.08. The first-order valence-corrected chi connectivity index (χ1v) is 5.11. The van der Waals surface area contributed by atoms with Gasteiger partial charge in [0.25, 0.3) is 5.91 Å². The Morgan fingerprint density at radius 2 is 2.11 bits per heavy atom. The second kappa shape index (κ2) is 6.27. The number of aliphatic hydroxyl groups is 1. The third-order valence-electron chi connectivity index (χ3n) is 2.07. The molecule has 1 amide bonds. The van der Waals surface area contributed by atoms with Crippen LogP contribution in [0.3, 0.4) is 0 Å². The minimum atomic E-state index is -0.612. The quantitative estimate of drug-likeness (QED) is 0.343. The molecule has 0 heterocycles. The van der Waals surface area contributed by atoms with Gasteiger partial charge in [-0.2, -0.15) is 5.26 Å². The molecule has 0 aliphatic heterocycles. The zero-order valence-corrected chi connectivity index (χ0v) is 9.42. The van der Waals surface area contributed by atoms with E-state index in [1.165, 1.54) is 24.3 Å². The van der Waals surface area contributed by atoms with E-state index in [-0.39, 0.29) is 30.2 Å². The highest BCUT2D eigenvalue weighted by atomic mass is 16.3. The Labute approximate surface area is 103 Å². The van der Waals surface area contributed by atoms with E-state index in [0.29, 0.717) is 5.56 Å². The maximum atomic E-state index is 11.5. The van der Waals surface area contributed by atoms with E-state index in [4.69, 9.17) is 15.5 Å². The molecule has 0 atom stereocenters. The van der Waals surface area contributed by atoms with Crippen molar-refractivity contribution in [1.29, 1.82) is 5.26 Å². The van der Waals surface area contributed by atoms with E-state index >= 15 is 0 Å². The van der Waals surface area contributed by atoms with Crippen LogP contribution in [0.2, 0.25) is 0 Å². The molecule has 0 fully saturated rings. The summed E-state index contributed by atoms with van der Waals surface area (Å²) in [5.41, 5.74) is 0.245. The summed E-state index contributed by atoms with van der Waals surface area (Å²) >= 11 is 0. The van der Waals surface area contributed by atoms with Gasteiger partial charge in [0, 0.05) is 6.54 Å². The van der Waals surface area contributed by atoms with Crippen LogP contribution in [-0.4, -0.2) is 34.4 Å². The number of hydrogen-bond donors (Lipinski definition) is 4. The predicted octanol–water partition coefficient (Wildman–Crippen LogP) is 0.113. The first kappa shape index (κ1) is 13.5. The Bertz CT molecular complexity index is 517. The van der Waals surface area contributed by atoms with Crippen molar-refractivity contribution in [3.63, 3.8) is 0 Å². The number of hydrogen-bond acceptors (Lipinski definition) is 5. The number of rotatable bonds is 4. The number of carbonyl (C=O) groups excluding carboxylic acids is 1. The third-order valence-corrected chi connectivity index (χ3v) is 2.07. The van der Waals surface area contributed by atoms with Crippen molar-refractivity contribution in [2.45, 2.75) is 0 Å². The molecule has 0 aliphatic carbocycles. The lowest BCUT2D eigenvalue weighted by atomic mass is 10.1. The molecule has 4 N–H and O–H groups in total. The molecule has 1 aromatic rings. The summed E-state index contributed by atoms with van der Waals surface area (Å²) in [4.78, 5) is 11.5. The van der Waals surface area contributed by atoms with Crippen molar-refractivity contribution in [2.24, 2.45) is 0 Å². The van der Waals surface area contributed by atoms with Crippen molar-refractivity contribution in [3.05, 3.63) is 29.3 Å². The zero-order valence-electron chi connectivity index (χ0n) is 9.42. The van der Waals surface area contributed by atoms with Gasteiger partial charge in [0.2, 0.25) is 0 Å². The zero-order chi connectivity index (χ0) is 13.5. The van der Waals surface area contributed by atoms with Crippen molar-refractivity contribution < 1.29 is 20.1 Å². The minimum absolute atomic E-state index is 0.0542. The Kier molecular flexibility index (Phi) is 4.72. The summed E-state index contributed by atoms with van der Waals surface area (Å²) in [6.07, 6.45) is 1.27. The minimum Gasteiger partial charge on any atom is -0.504 e. The number of phenols is 2. The molecular formula is C12H12N2O4.